The van der Waals surface area contributed by atoms with Gasteiger partial charge in [0.05, 0.1) is 6.54 Å². The SMILES string of the molecule is O=C(CN1CCCc2ccccc2C1)c1ccc(I)cc1. The van der Waals surface area contributed by atoms with Crippen molar-refractivity contribution in [3.63, 3.8) is 0 Å². The zero-order valence-electron chi connectivity index (χ0n) is 11.9. The van der Waals surface area contributed by atoms with Crippen LogP contribution in [0, 0.1) is 3.57 Å². The fourth-order valence-electron chi connectivity index (χ4n) is 2.83. The number of fused-ring (bicyclic) bond motifs is 1. The zero-order valence-corrected chi connectivity index (χ0v) is 14.0. The summed E-state index contributed by atoms with van der Waals surface area (Å²) in [6.45, 7) is 2.38. The molecule has 0 aliphatic carbocycles. The number of benzene rings is 2. The van der Waals surface area contributed by atoms with Crippen LogP contribution in [0.15, 0.2) is 48.5 Å². The molecule has 1 aliphatic heterocycles. The van der Waals surface area contributed by atoms with Gasteiger partial charge in [-0.3, -0.25) is 9.69 Å². The fourth-order valence-corrected chi connectivity index (χ4v) is 3.19. The summed E-state index contributed by atoms with van der Waals surface area (Å²) in [7, 11) is 0. The van der Waals surface area contributed by atoms with E-state index in [0.717, 1.165) is 35.1 Å². The van der Waals surface area contributed by atoms with E-state index in [2.05, 4.69) is 51.8 Å². The summed E-state index contributed by atoms with van der Waals surface area (Å²) in [6, 6.07) is 16.4. The van der Waals surface area contributed by atoms with Gasteiger partial charge in [-0.1, -0.05) is 36.4 Å². The van der Waals surface area contributed by atoms with Crippen molar-refractivity contribution in [3.8, 4) is 0 Å². The van der Waals surface area contributed by atoms with Crippen molar-refractivity contribution in [2.24, 2.45) is 0 Å². The van der Waals surface area contributed by atoms with Crippen molar-refractivity contribution >= 4 is 28.4 Å². The first-order valence-corrected chi connectivity index (χ1v) is 8.38. The van der Waals surface area contributed by atoms with E-state index in [1.54, 1.807) is 0 Å². The van der Waals surface area contributed by atoms with E-state index in [9.17, 15) is 4.79 Å². The van der Waals surface area contributed by atoms with Crippen LogP contribution in [0.4, 0.5) is 0 Å². The van der Waals surface area contributed by atoms with Crippen LogP contribution in [0.2, 0.25) is 0 Å². The first-order valence-electron chi connectivity index (χ1n) is 7.30. The highest BCUT2D eigenvalue weighted by molar-refractivity contribution is 14.1. The molecular formula is C18H18INO. The van der Waals surface area contributed by atoms with Crippen molar-refractivity contribution in [2.75, 3.05) is 13.1 Å². The molecule has 2 aromatic rings. The molecule has 0 unspecified atom stereocenters. The molecule has 108 valence electrons. The maximum Gasteiger partial charge on any atom is 0.176 e. The zero-order chi connectivity index (χ0) is 14.7. The van der Waals surface area contributed by atoms with Crippen LogP contribution in [0.1, 0.15) is 27.9 Å². The van der Waals surface area contributed by atoms with Gasteiger partial charge in [0.15, 0.2) is 5.78 Å². The maximum absolute atomic E-state index is 12.4. The number of halogens is 1. The molecule has 2 nitrogen and oxygen atoms in total. The highest BCUT2D eigenvalue weighted by atomic mass is 127. The number of carbonyl (C=O) groups excluding carboxylic acids is 1. The first kappa shape index (κ1) is 14.7. The predicted molar refractivity (Wildman–Crippen MR) is 93.5 cm³/mol. The van der Waals surface area contributed by atoms with Gasteiger partial charge in [-0.05, 0) is 65.2 Å². The van der Waals surface area contributed by atoms with Gasteiger partial charge in [-0.25, -0.2) is 0 Å². The van der Waals surface area contributed by atoms with Gasteiger partial charge in [-0.15, -0.1) is 0 Å². The Morgan fingerprint density at radius 3 is 2.52 bits per heavy atom. The van der Waals surface area contributed by atoms with Crippen molar-refractivity contribution in [1.82, 2.24) is 4.90 Å². The monoisotopic (exact) mass is 391 g/mol. The van der Waals surface area contributed by atoms with E-state index in [4.69, 9.17) is 0 Å². The highest BCUT2D eigenvalue weighted by Gasteiger charge is 2.17. The molecule has 0 N–H and O–H groups in total. The molecule has 3 heteroatoms. The lowest BCUT2D eigenvalue weighted by molar-refractivity contribution is 0.0927. The highest BCUT2D eigenvalue weighted by Crippen LogP contribution is 2.18. The summed E-state index contributed by atoms with van der Waals surface area (Å²) in [5.74, 6) is 0.214. The number of hydrogen-bond acceptors (Lipinski definition) is 2. The molecule has 3 rings (SSSR count). The molecule has 21 heavy (non-hydrogen) atoms. The molecule has 1 aliphatic rings. The number of ketones is 1. The van der Waals surface area contributed by atoms with Crippen LogP contribution in [0.5, 0.6) is 0 Å². The van der Waals surface area contributed by atoms with Gasteiger partial charge >= 0.3 is 0 Å². The molecule has 0 aromatic heterocycles. The Morgan fingerprint density at radius 1 is 1.05 bits per heavy atom. The number of aryl methyl sites for hydroxylation is 1. The summed E-state index contributed by atoms with van der Waals surface area (Å²) in [5.41, 5.74) is 3.61. The molecular weight excluding hydrogens is 373 g/mol. The Kier molecular flexibility index (Phi) is 4.70. The second-order valence-corrected chi connectivity index (χ2v) is 6.76. The van der Waals surface area contributed by atoms with E-state index in [0.29, 0.717) is 6.54 Å². The van der Waals surface area contributed by atoms with Crippen molar-refractivity contribution in [1.29, 1.82) is 0 Å². The van der Waals surface area contributed by atoms with E-state index in [1.165, 1.54) is 11.1 Å². The number of rotatable bonds is 3. The molecule has 2 aromatic carbocycles. The molecule has 0 saturated carbocycles. The first-order chi connectivity index (χ1) is 10.2. The Morgan fingerprint density at radius 2 is 1.76 bits per heavy atom. The van der Waals surface area contributed by atoms with Crippen LogP contribution in [-0.2, 0) is 13.0 Å². The molecule has 0 saturated heterocycles. The third kappa shape index (κ3) is 3.71. The summed E-state index contributed by atoms with van der Waals surface area (Å²) in [4.78, 5) is 14.7. The Balaban J connectivity index is 1.70. The average molecular weight is 391 g/mol. The lowest BCUT2D eigenvalue weighted by Gasteiger charge is -2.19. The predicted octanol–water partition coefficient (Wildman–Crippen LogP) is 3.92. The minimum atomic E-state index is 0.214. The normalized spacial score (nSPS) is 15.3. The summed E-state index contributed by atoms with van der Waals surface area (Å²) >= 11 is 2.26. The lowest BCUT2D eigenvalue weighted by Crippen LogP contribution is -2.29. The van der Waals surface area contributed by atoms with E-state index >= 15 is 0 Å². The van der Waals surface area contributed by atoms with Crippen LogP contribution >= 0.6 is 22.6 Å². The van der Waals surface area contributed by atoms with Gasteiger partial charge in [0.2, 0.25) is 0 Å². The van der Waals surface area contributed by atoms with E-state index in [-0.39, 0.29) is 5.78 Å². The van der Waals surface area contributed by atoms with Crippen molar-refractivity contribution < 1.29 is 4.79 Å². The third-order valence-electron chi connectivity index (χ3n) is 3.97. The number of carbonyl (C=O) groups is 1. The minimum absolute atomic E-state index is 0.214. The van der Waals surface area contributed by atoms with Gasteiger partial charge in [0.25, 0.3) is 0 Å². The molecule has 0 radical (unpaired) electrons. The van der Waals surface area contributed by atoms with Crippen LogP contribution in [0.3, 0.4) is 0 Å². The quantitative estimate of drug-likeness (QED) is 0.584. The molecule has 0 bridgehead atoms. The van der Waals surface area contributed by atoms with E-state index in [1.807, 2.05) is 24.3 Å². The van der Waals surface area contributed by atoms with Gasteiger partial charge in [-0.2, -0.15) is 0 Å². The van der Waals surface area contributed by atoms with Crippen LogP contribution in [-0.4, -0.2) is 23.8 Å². The molecule has 0 fully saturated rings. The smallest absolute Gasteiger partial charge is 0.176 e. The maximum atomic E-state index is 12.4. The van der Waals surface area contributed by atoms with E-state index < -0.39 is 0 Å². The second-order valence-electron chi connectivity index (χ2n) is 5.51. The summed E-state index contributed by atoms with van der Waals surface area (Å²) in [6.07, 6.45) is 2.24. The van der Waals surface area contributed by atoms with Gasteiger partial charge < -0.3 is 0 Å². The Labute approximate surface area is 139 Å². The lowest BCUT2D eigenvalue weighted by atomic mass is 10.0. The van der Waals surface area contributed by atoms with Gasteiger partial charge in [0, 0.05) is 15.7 Å². The standard InChI is InChI=1S/C18H18INO/c19-17-9-7-15(8-10-17)18(21)13-20-11-3-6-14-4-1-2-5-16(14)12-20/h1-2,4-5,7-10H,3,6,11-13H2. The van der Waals surface area contributed by atoms with Crippen molar-refractivity contribution in [3.05, 3.63) is 68.8 Å². The number of hydrogen-bond donors (Lipinski definition) is 0. The summed E-state index contributed by atoms with van der Waals surface area (Å²) in [5, 5.41) is 0. The van der Waals surface area contributed by atoms with Crippen LogP contribution in [0.25, 0.3) is 0 Å². The topological polar surface area (TPSA) is 20.3 Å². The van der Waals surface area contributed by atoms with Crippen molar-refractivity contribution in [2.45, 2.75) is 19.4 Å². The largest absolute Gasteiger partial charge is 0.293 e. The van der Waals surface area contributed by atoms with Crippen LogP contribution < -0.4 is 0 Å². The molecule has 1 heterocycles. The number of Topliss-reactive ketones (excluding diaryl/α,β-unsaturated/α-hetero) is 1. The Hall–Kier alpha value is -1.20. The minimum Gasteiger partial charge on any atom is -0.293 e. The average Bonchev–Trinajstić information content (AvgIpc) is 2.69. The number of nitrogens with zero attached hydrogens (tertiary/aromatic N) is 1. The molecule has 0 atom stereocenters. The van der Waals surface area contributed by atoms with Gasteiger partial charge in [0.1, 0.15) is 0 Å². The summed E-state index contributed by atoms with van der Waals surface area (Å²) < 4.78 is 1.16. The third-order valence-corrected chi connectivity index (χ3v) is 4.69. The Bertz CT molecular complexity index is 636. The molecule has 0 spiro atoms. The second kappa shape index (κ2) is 6.71. The molecule has 0 amide bonds. The fraction of sp³-hybridized carbons (Fsp3) is 0.278.